The van der Waals surface area contributed by atoms with E-state index in [0.29, 0.717) is 22.8 Å². The van der Waals surface area contributed by atoms with Crippen LogP contribution in [0.2, 0.25) is 0 Å². The van der Waals surface area contributed by atoms with E-state index in [1.165, 1.54) is 27.2 Å². The number of hydrogen-bond acceptors (Lipinski definition) is 6. The van der Waals surface area contributed by atoms with Crippen LogP contribution in [0.25, 0.3) is 0 Å². The molecule has 0 saturated carbocycles. The molecule has 0 heterocycles. The predicted molar refractivity (Wildman–Crippen MR) is 88.9 cm³/mol. The molecular weight excluding hydrogens is 312 g/mol. The van der Waals surface area contributed by atoms with E-state index in [-0.39, 0.29) is 22.8 Å². The highest BCUT2D eigenvalue weighted by atomic mass is 16.5. The van der Waals surface area contributed by atoms with Crippen LogP contribution in [0.3, 0.4) is 0 Å². The summed E-state index contributed by atoms with van der Waals surface area (Å²) in [5.41, 5.74) is 0.950. The maximum Gasteiger partial charge on any atom is 0.167 e. The molecule has 0 saturated heterocycles. The van der Waals surface area contributed by atoms with Crippen LogP contribution < -0.4 is 14.2 Å². The third kappa shape index (κ3) is 3.08. The molecule has 0 atom stereocenters. The fourth-order valence-electron chi connectivity index (χ4n) is 2.38. The first-order chi connectivity index (χ1) is 11.3. The Hall–Kier alpha value is -2.89. The van der Waals surface area contributed by atoms with Crippen LogP contribution in [0.4, 0.5) is 0 Å². The molecule has 2 rings (SSSR count). The summed E-state index contributed by atoms with van der Waals surface area (Å²) in [5, 5.41) is 20.2. The van der Waals surface area contributed by atoms with Gasteiger partial charge in [0, 0.05) is 29.3 Å². The average molecular weight is 332 g/mol. The number of carbonyl (C=O) groups excluding carboxylic acids is 1. The fraction of sp³-hybridized carbons (Fsp3) is 0.278. The van der Waals surface area contributed by atoms with Crippen molar-refractivity contribution in [3.05, 3.63) is 34.9 Å². The van der Waals surface area contributed by atoms with Crippen molar-refractivity contribution in [3.8, 4) is 34.5 Å². The van der Waals surface area contributed by atoms with Gasteiger partial charge in [0.2, 0.25) is 0 Å². The molecular formula is C18H20O6. The molecule has 0 aromatic heterocycles. The molecule has 2 N–H and O–H groups in total. The molecule has 0 spiro atoms. The highest BCUT2D eigenvalue weighted by molar-refractivity contribution is 6.00. The van der Waals surface area contributed by atoms with E-state index in [1.807, 2.05) is 6.92 Å². The van der Waals surface area contributed by atoms with Gasteiger partial charge in [-0.1, -0.05) is 0 Å². The summed E-state index contributed by atoms with van der Waals surface area (Å²) in [4.78, 5) is 11.5. The van der Waals surface area contributed by atoms with Gasteiger partial charge in [0.25, 0.3) is 0 Å². The SMILES string of the molecule is COc1cc(OC)c(C)c(Oc2cc(O)c(C(C)=O)c(O)c2C)c1. The summed E-state index contributed by atoms with van der Waals surface area (Å²) in [7, 11) is 3.06. The molecule has 0 aliphatic rings. The zero-order valence-electron chi connectivity index (χ0n) is 14.3. The van der Waals surface area contributed by atoms with E-state index in [2.05, 4.69) is 0 Å². The molecule has 0 unspecified atom stereocenters. The molecule has 2 aromatic rings. The van der Waals surface area contributed by atoms with E-state index in [0.717, 1.165) is 5.56 Å². The van der Waals surface area contributed by atoms with E-state index < -0.39 is 5.78 Å². The molecule has 0 fully saturated rings. The van der Waals surface area contributed by atoms with Crippen molar-refractivity contribution in [3.63, 3.8) is 0 Å². The Labute approximate surface area is 140 Å². The first kappa shape index (κ1) is 17.5. The predicted octanol–water partition coefficient (Wildman–Crippen LogP) is 3.73. The second kappa shape index (κ2) is 6.70. The summed E-state index contributed by atoms with van der Waals surface area (Å²) >= 11 is 0. The zero-order valence-corrected chi connectivity index (χ0v) is 14.3. The Morgan fingerprint density at radius 1 is 0.917 bits per heavy atom. The Bertz CT molecular complexity index is 795. The number of phenols is 2. The van der Waals surface area contributed by atoms with Crippen molar-refractivity contribution in [1.29, 1.82) is 0 Å². The summed E-state index contributed by atoms with van der Waals surface area (Å²) in [6.45, 7) is 4.68. The minimum atomic E-state index is -0.432. The summed E-state index contributed by atoms with van der Waals surface area (Å²) < 4.78 is 16.3. The molecule has 6 nitrogen and oxygen atoms in total. The van der Waals surface area contributed by atoms with Crippen LogP contribution in [0, 0.1) is 13.8 Å². The molecule has 2 aromatic carbocycles. The zero-order chi connectivity index (χ0) is 18.0. The second-order valence-corrected chi connectivity index (χ2v) is 5.35. The number of benzene rings is 2. The van der Waals surface area contributed by atoms with Gasteiger partial charge in [-0.2, -0.15) is 0 Å². The molecule has 0 amide bonds. The van der Waals surface area contributed by atoms with E-state index in [4.69, 9.17) is 14.2 Å². The van der Waals surface area contributed by atoms with Gasteiger partial charge in [0.1, 0.15) is 40.1 Å². The summed E-state index contributed by atoms with van der Waals surface area (Å²) in [6.07, 6.45) is 0. The monoisotopic (exact) mass is 332 g/mol. The van der Waals surface area contributed by atoms with Crippen LogP contribution >= 0.6 is 0 Å². The maximum absolute atomic E-state index is 11.5. The Kier molecular flexibility index (Phi) is 4.87. The topological polar surface area (TPSA) is 85.2 Å². The second-order valence-electron chi connectivity index (χ2n) is 5.35. The normalized spacial score (nSPS) is 10.4. The summed E-state index contributed by atoms with van der Waals surface area (Å²) in [6, 6.07) is 4.70. The lowest BCUT2D eigenvalue weighted by Crippen LogP contribution is -1.99. The number of Topliss-reactive ketones (excluding diaryl/α,β-unsaturated/α-hetero) is 1. The third-order valence-electron chi connectivity index (χ3n) is 3.80. The molecule has 6 heteroatoms. The van der Waals surface area contributed by atoms with E-state index in [1.54, 1.807) is 19.1 Å². The molecule has 24 heavy (non-hydrogen) atoms. The van der Waals surface area contributed by atoms with Crippen molar-refractivity contribution in [2.24, 2.45) is 0 Å². The number of aromatic hydroxyl groups is 2. The quantitative estimate of drug-likeness (QED) is 0.812. The van der Waals surface area contributed by atoms with Crippen molar-refractivity contribution in [2.45, 2.75) is 20.8 Å². The molecule has 0 aliphatic carbocycles. The number of rotatable bonds is 5. The lowest BCUT2D eigenvalue weighted by Gasteiger charge is -2.17. The lowest BCUT2D eigenvalue weighted by atomic mass is 10.0. The van der Waals surface area contributed by atoms with Gasteiger partial charge in [0.05, 0.1) is 14.2 Å². The van der Waals surface area contributed by atoms with E-state index in [9.17, 15) is 15.0 Å². The molecule has 128 valence electrons. The average Bonchev–Trinajstić information content (AvgIpc) is 2.53. The van der Waals surface area contributed by atoms with Gasteiger partial charge in [0.15, 0.2) is 5.78 Å². The van der Waals surface area contributed by atoms with Crippen LogP contribution in [0.1, 0.15) is 28.4 Å². The number of carbonyl (C=O) groups is 1. The smallest absolute Gasteiger partial charge is 0.167 e. The highest BCUT2D eigenvalue weighted by Crippen LogP contribution is 2.42. The van der Waals surface area contributed by atoms with Crippen LogP contribution in [0.5, 0.6) is 34.5 Å². The minimum absolute atomic E-state index is 0.125. The molecule has 0 bridgehead atoms. The van der Waals surface area contributed by atoms with Gasteiger partial charge < -0.3 is 24.4 Å². The number of methoxy groups -OCH3 is 2. The van der Waals surface area contributed by atoms with Gasteiger partial charge in [-0.05, 0) is 20.8 Å². The van der Waals surface area contributed by atoms with Crippen molar-refractivity contribution >= 4 is 5.78 Å². The number of ether oxygens (including phenoxy) is 3. The Morgan fingerprint density at radius 2 is 1.50 bits per heavy atom. The van der Waals surface area contributed by atoms with Gasteiger partial charge in [-0.3, -0.25) is 4.79 Å². The Balaban J connectivity index is 2.55. The number of phenolic OH excluding ortho intramolecular Hbond substituents is 2. The first-order valence-corrected chi connectivity index (χ1v) is 7.27. The van der Waals surface area contributed by atoms with Gasteiger partial charge in [-0.15, -0.1) is 0 Å². The van der Waals surface area contributed by atoms with Crippen molar-refractivity contribution < 1.29 is 29.2 Å². The van der Waals surface area contributed by atoms with Crippen molar-refractivity contribution in [1.82, 2.24) is 0 Å². The summed E-state index contributed by atoms with van der Waals surface area (Å²) in [5.74, 6) is 0.726. The van der Waals surface area contributed by atoms with E-state index >= 15 is 0 Å². The van der Waals surface area contributed by atoms with Gasteiger partial charge >= 0.3 is 0 Å². The van der Waals surface area contributed by atoms with Gasteiger partial charge in [-0.25, -0.2) is 0 Å². The highest BCUT2D eigenvalue weighted by Gasteiger charge is 2.20. The van der Waals surface area contributed by atoms with Crippen molar-refractivity contribution in [2.75, 3.05) is 14.2 Å². The molecule has 0 radical (unpaired) electrons. The van der Waals surface area contributed by atoms with Crippen LogP contribution in [-0.4, -0.2) is 30.2 Å². The maximum atomic E-state index is 11.5. The number of ketones is 1. The third-order valence-corrected chi connectivity index (χ3v) is 3.80. The van der Waals surface area contributed by atoms with Crippen LogP contribution in [0.15, 0.2) is 18.2 Å². The van der Waals surface area contributed by atoms with Crippen LogP contribution in [-0.2, 0) is 0 Å². The molecule has 0 aliphatic heterocycles. The number of hydrogen-bond donors (Lipinski definition) is 2. The largest absolute Gasteiger partial charge is 0.507 e. The standard InChI is InChI=1S/C18H20O6/c1-9-14(23-5)6-12(22-4)7-15(9)24-16-8-13(20)17(11(3)19)18(21)10(16)2/h6-8,20-21H,1-5H3. The Morgan fingerprint density at radius 3 is 2.04 bits per heavy atom. The fourth-order valence-corrected chi connectivity index (χ4v) is 2.38. The lowest BCUT2D eigenvalue weighted by molar-refractivity contribution is 0.101. The minimum Gasteiger partial charge on any atom is -0.507 e. The first-order valence-electron chi connectivity index (χ1n) is 7.27.